The summed E-state index contributed by atoms with van der Waals surface area (Å²) in [6.45, 7) is 5.57. The molecule has 0 spiro atoms. The van der Waals surface area contributed by atoms with Gasteiger partial charge in [-0.15, -0.1) is 0 Å². The molecule has 2 rings (SSSR count). The Balaban J connectivity index is 2.56. The molecule has 0 fully saturated rings. The molecule has 0 aliphatic carbocycles. The van der Waals surface area contributed by atoms with E-state index in [1.807, 2.05) is 13.8 Å². The second-order valence-electron chi connectivity index (χ2n) is 4.59. The minimum Gasteiger partial charge on any atom is -0.298 e. The molecule has 4 heteroatoms. The summed E-state index contributed by atoms with van der Waals surface area (Å²) in [6, 6.07) is 3.26. The van der Waals surface area contributed by atoms with Crippen LogP contribution in [-0.4, -0.2) is 15.6 Å². The average Bonchev–Trinajstić information content (AvgIpc) is 2.59. The third-order valence-electron chi connectivity index (χ3n) is 2.75. The summed E-state index contributed by atoms with van der Waals surface area (Å²) in [6.07, 6.45) is 1.67. The highest BCUT2D eigenvalue weighted by Crippen LogP contribution is 2.24. The van der Waals surface area contributed by atoms with Crippen LogP contribution in [0, 0.1) is 5.82 Å². The summed E-state index contributed by atoms with van der Waals surface area (Å²) < 4.78 is 15.4. The predicted molar refractivity (Wildman–Crippen MR) is 64.5 cm³/mol. The van der Waals surface area contributed by atoms with E-state index in [0.29, 0.717) is 11.1 Å². The molecule has 0 N–H and O–H groups in total. The number of fused-ring (bicyclic) bond motifs is 1. The van der Waals surface area contributed by atoms with Crippen molar-refractivity contribution in [2.24, 2.45) is 0 Å². The van der Waals surface area contributed by atoms with E-state index in [1.54, 1.807) is 12.3 Å². The molecule has 0 amide bonds. The smallest absolute Gasteiger partial charge is 0.151 e. The van der Waals surface area contributed by atoms with Crippen molar-refractivity contribution in [3.8, 4) is 0 Å². The van der Waals surface area contributed by atoms with Crippen molar-refractivity contribution in [1.29, 1.82) is 0 Å². The molecule has 1 aromatic heterocycles. The van der Waals surface area contributed by atoms with Gasteiger partial charge >= 0.3 is 0 Å². The van der Waals surface area contributed by atoms with Gasteiger partial charge < -0.3 is 0 Å². The van der Waals surface area contributed by atoms with Gasteiger partial charge in [-0.3, -0.25) is 9.48 Å². The number of benzene rings is 1. The topological polar surface area (TPSA) is 34.9 Å². The van der Waals surface area contributed by atoms with Crippen LogP contribution in [0.25, 0.3) is 10.9 Å². The highest BCUT2D eigenvalue weighted by Gasteiger charge is 2.12. The summed E-state index contributed by atoms with van der Waals surface area (Å²) in [5.41, 5.74) is 1.35. The summed E-state index contributed by atoms with van der Waals surface area (Å²) in [5, 5.41) is 4.98. The average molecular weight is 234 g/mol. The Bertz CT molecular complexity index is 572. The Morgan fingerprint density at radius 3 is 2.76 bits per heavy atom. The lowest BCUT2D eigenvalue weighted by atomic mass is 10.0. The van der Waals surface area contributed by atoms with Crippen LogP contribution in [0.1, 0.15) is 32.3 Å². The number of aromatic nitrogens is 2. The molecule has 2 aromatic rings. The van der Waals surface area contributed by atoms with E-state index in [9.17, 15) is 9.18 Å². The van der Waals surface area contributed by atoms with Gasteiger partial charge in [0, 0.05) is 11.5 Å². The van der Waals surface area contributed by atoms with Gasteiger partial charge in [0.15, 0.2) is 5.78 Å². The number of ketones is 1. The van der Waals surface area contributed by atoms with Crippen LogP contribution >= 0.6 is 0 Å². The molecular formula is C13H15FN2O. The largest absolute Gasteiger partial charge is 0.298 e. The number of hydrogen-bond acceptors (Lipinski definition) is 2. The Hall–Kier alpha value is -1.71. The molecule has 1 heterocycles. The lowest BCUT2D eigenvalue weighted by Gasteiger charge is -2.07. The molecule has 90 valence electrons. The summed E-state index contributed by atoms with van der Waals surface area (Å²) in [7, 11) is 0. The van der Waals surface area contributed by atoms with Crippen LogP contribution in [0.5, 0.6) is 0 Å². The van der Waals surface area contributed by atoms with Crippen molar-refractivity contribution in [2.75, 3.05) is 0 Å². The van der Waals surface area contributed by atoms with Gasteiger partial charge in [0.1, 0.15) is 5.82 Å². The molecule has 0 atom stereocenters. The zero-order valence-corrected chi connectivity index (χ0v) is 10.2. The monoisotopic (exact) mass is 234 g/mol. The van der Waals surface area contributed by atoms with Gasteiger partial charge in [0.2, 0.25) is 0 Å². The molecule has 1 aromatic carbocycles. The molecule has 0 bridgehead atoms. The van der Waals surface area contributed by atoms with E-state index in [4.69, 9.17) is 0 Å². The fourth-order valence-corrected chi connectivity index (χ4v) is 1.90. The minimum absolute atomic E-state index is 0.00310. The standard InChI is InChI=1S/C13H15FN2O/c1-8(2)11-4-10-6-15-16(7-9(3)17)13(10)5-12(11)14/h4-6,8H,7H2,1-3H3. The van der Waals surface area contributed by atoms with Crippen LogP contribution in [0.4, 0.5) is 4.39 Å². The third kappa shape index (κ3) is 2.20. The lowest BCUT2D eigenvalue weighted by Crippen LogP contribution is -2.07. The van der Waals surface area contributed by atoms with Gasteiger partial charge in [-0.2, -0.15) is 5.10 Å². The Kier molecular flexibility index (Phi) is 2.96. The first kappa shape index (κ1) is 11.8. The molecule has 0 radical (unpaired) electrons. The first-order chi connectivity index (χ1) is 7.99. The molecule has 0 saturated carbocycles. The second-order valence-corrected chi connectivity index (χ2v) is 4.59. The fraction of sp³-hybridized carbons (Fsp3) is 0.385. The Morgan fingerprint density at radius 2 is 2.18 bits per heavy atom. The van der Waals surface area contributed by atoms with Gasteiger partial charge in [0.25, 0.3) is 0 Å². The molecule has 0 aliphatic heterocycles. The number of nitrogens with zero attached hydrogens (tertiary/aromatic N) is 2. The van der Waals surface area contributed by atoms with E-state index in [1.165, 1.54) is 17.7 Å². The van der Waals surface area contributed by atoms with Gasteiger partial charge in [-0.05, 0) is 24.5 Å². The normalized spacial score (nSPS) is 11.4. The first-order valence-corrected chi connectivity index (χ1v) is 5.63. The third-order valence-corrected chi connectivity index (χ3v) is 2.75. The predicted octanol–water partition coefficient (Wildman–Crippen LogP) is 2.89. The fourth-order valence-electron chi connectivity index (χ4n) is 1.90. The van der Waals surface area contributed by atoms with E-state index < -0.39 is 0 Å². The van der Waals surface area contributed by atoms with Crippen LogP contribution in [0.2, 0.25) is 0 Å². The number of carbonyl (C=O) groups is 1. The summed E-state index contributed by atoms with van der Waals surface area (Å²) in [4.78, 5) is 11.1. The zero-order valence-electron chi connectivity index (χ0n) is 10.2. The number of halogens is 1. The van der Waals surface area contributed by atoms with E-state index in [0.717, 1.165) is 5.39 Å². The lowest BCUT2D eigenvalue weighted by molar-refractivity contribution is -0.117. The van der Waals surface area contributed by atoms with Crippen molar-refractivity contribution in [3.05, 3.63) is 29.7 Å². The van der Waals surface area contributed by atoms with Crippen molar-refractivity contribution < 1.29 is 9.18 Å². The molecular weight excluding hydrogens is 219 g/mol. The number of hydrogen-bond donors (Lipinski definition) is 0. The minimum atomic E-state index is -0.238. The van der Waals surface area contributed by atoms with Crippen molar-refractivity contribution in [2.45, 2.75) is 33.2 Å². The van der Waals surface area contributed by atoms with Gasteiger partial charge in [-0.1, -0.05) is 13.8 Å². The van der Waals surface area contributed by atoms with Gasteiger partial charge in [0.05, 0.1) is 18.3 Å². The Morgan fingerprint density at radius 1 is 1.47 bits per heavy atom. The maximum atomic E-state index is 13.8. The van der Waals surface area contributed by atoms with Crippen LogP contribution < -0.4 is 0 Å². The maximum Gasteiger partial charge on any atom is 0.151 e. The van der Waals surface area contributed by atoms with Crippen LogP contribution in [-0.2, 0) is 11.3 Å². The highest BCUT2D eigenvalue weighted by atomic mass is 19.1. The molecule has 0 saturated heterocycles. The van der Waals surface area contributed by atoms with Crippen molar-refractivity contribution in [3.63, 3.8) is 0 Å². The van der Waals surface area contributed by atoms with E-state index >= 15 is 0 Å². The zero-order chi connectivity index (χ0) is 12.6. The quantitative estimate of drug-likeness (QED) is 0.818. The van der Waals surface area contributed by atoms with Crippen LogP contribution in [0.15, 0.2) is 18.3 Å². The highest BCUT2D eigenvalue weighted by molar-refractivity contribution is 5.82. The first-order valence-electron chi connectivity index (χ1n) is 5.63. The molecule has 0 aliphatic rings. The molecule has 17 heavy (non-hydrogen) atoms. The van der Waals surface area contributed by atoms with E-state index in [2.05, 4.69) is 5.10 Å². The van der Waals surface area contributed by atoms with Crippen molar-refractivity contribution >= 4 is 16.7 Å². The van der Waals surface area contributed by atoms with Crippen molar-refractivity contribution in [1.82, 2.24) is 9.78 Å². The van der Waals surface area contributed by atoms with Gasteiger partial charge in [-0.25, -0.2) is 4.39 Å². The van der Waals surface area contributed by atoms with E-state index in [-0.39, 0.29) is 24.1 Å². The summed E-state index contributed by atoms with van der Waals surface area (Å²) >= 11 is 0. The Labute approximate surface area is 99.2 Å². The number of rotatable bonds is 3. The maximum absolute atomic E-state index is 13.8. The second kappa shape index (κ2) is 4.28. The molecule has 3 nitrogen and oxygen atoms in total. The molecule has 0 unspecified atom stereocenters. The summed E-state index contributed by atoms with van der Waals surface area (Å²) in [5.74, 6) is -0.100. The SMILES string of the molecule is CC(=O)Cn1ncc2cc(C(C)C)c(F)cc21. The number of carbonyl (C=O) groups excluding carboxylic acids is 1. The number of Topliss-reactive ketones (excluding diaryl/α,β-unsaturated/α-hetero) is 1. The van der Waals surface area contributed by atoms with Crippen LogP contribution in [0.3, 0.4) is 0 Å².